The predicted octanol–water partition coefficient (Wildman–Crippen LogP) is 4.30. The number of aliphatic hydroxyl groups is 1. The van der Waals surface area contributed by atoms with Gasteiger partial charge in [-0.2, -0.15) is 0 Å². The number of Topliss-reactive ketones (excluding diaryl/α,β-unsaturated/α-hetero) is 1. The van der Waals surface area contributed by atoms with Gasteiger partial charge >= 0.3 is 0 Å². The largest absolute Gasteiger partial charge is 0.507 e. The summed E-state index contributed by atoms with van der Waals surface area (Å²) in [6.45, 7) is 6.47. The van der Waals surface area contributed by atoms with Crippen molar-refractivity contribution >= 4 is 17.4 Å². The van der Waals surface area contributed by atoms with Crippen molar-refractivity contribution in [1.82, 2.24) is 4.90 Å². The van der Waals surface area contributed by atoms with Gasteiger partial charge < -0.3 is 29.3 Å². The number of ketones is 1. The molecule has 0 aliphatic carbocycles. The Balaban J connectivity index is 2.24. The van der Waals surface area contributed by atoms with Crippen molar-refractivity contribution in [2.24, 2.45) is 0 Å². The first kappa shape index (κ1) is 26.1. The Labute approximate surface area is 205 Å². The van der Waals surface area contributed by atoms with E-state index < -0.39 is 17.7 Å². The second kappa shape index (κ2) is 10.8. The van der Waals surface area contributed by atoms with Gasteiger partial charge in [0.25, 0.3) is 11.7 Å². The Morgan fingerprint density at radius 2 is 1.74 bits per heavy atom. The Morgan fingerprint density at radius 1 is 1.06 bits per heavy atom. The first-order chi connectivity index (χ1) is 16.7. The van der Waals surface area contributed by atoms with Crippen molar-refractivity contribution in [1.29, 1.82) is 0 Å². The second-order valence-electron chi connectivity index (χ2n) is 8.83. The minimum absolute atomic E-state index is 0.0278. The fraction of sp³-hybridized carbons (Fsp3) is 0.407. The molecule has 1 unspecified atom stereocenters. The van der Waals surface area contributed by atoms with Crippen LogP contribution in [0.15, 0.2) is 35.9 Å². The van der Waals surface area contributed by atoms with Crippen molar-refractivity contribution < 1.29 is 34.0 Å². The first-order valence-corrected chi connectivity index (χ1v) is 11.5. The van der Waals surface area contributed by atoms with Gasteiger partial charge in [-0.3, -0.25) is 9.59 Å². The molecule has 0 bridgehead atoms. The van der Waals surface area contributed by atoms with E-state index in [9.17, 15) is 19.8 Å². The molecule has 1 saturated heterocycles. The number of phenols is 1. The molecule has 0 spiro atoms. The number of aliphatic hydroxyl groups excluding tert-OH is 1. The highest BCUT2D eigenvalue weighted by atomic mass is 16.5. The molecule has 1 heterocycles. The smallest absolute Gasteiger partial charge is 0.295 e. The van der Waals surface area contributed by atoms with Crippen molar-refractivity contribution in [2.75, 3.05) is 34.5 Å². The van der Waals surface area contributed by atoms with Gasteiger partial charge in [-0.15, -0.1) is 0 Å². The summed E-state index contributed by atoms with van der Waals surface area (Å²) in [5, 5.41) is 21.9. The summed E-state index contributed by atoms with van der Waals surface area (Å²) in [5.74, 6) is -0.832. The van der Waals surface area contributed by atoms with E-state index in [1.807, 2.05) is 26.8 Å². The lowest BCUT2D eigenvalue weighted by molar-refractivity contribution is -0.140. The highest BCUT2D eigenvalue weighted by molar-refractivity contribution is 6.46. The Kier molecular flexibility index (Phi) is 8.07. The van der Waals surface area contributed by atoms with Gasteiger partial charge in [0.2, 0.25) is 0 Å². The number of hydrogen-bond donors (Lipinski definition) is 2. The summed E-state index contributed by atoms with van der Waals surface area (Å²) in [4.78, 5) is 27.8. The maximum absolute atomic E-state index is 13.3. The summed E-state index contributed by atoms with van der Waals surface area (Å²) < 4.78 is 15.8. The van der Waals surface area contributed by atoms with Gasteiger partial charge in [0.1, 0.15) is 11.5 Å². The number of rotatable bonds is 9. The molecule has 8 heteroatoms. The van der Waals surface area contributed by atoms with E-state index >= 15 is 0 Å². The lowest BCUT2D eigenvalue weighted by atomic mass is 9.91. The number of ether oxygens (including phenoxy) is 3. The van der Waals surface area contributed by atoms with Crippen LogP contribution in [0.3, 0.4) is 0 Å². The zero-order chi connectivity index (χ0) is 25.9. The molecular formula is C27H33NO7. The van der Waals surface area contributed by atoms with Gasteiger partial charge in [0.15, 0.2) is 11.5 Å². The van der Waals surface area contributed by atoms with Crippen LogP contribution in [-0.2, 0) is 14.3 Å². The summed E-state index contributed by atoms with van der Waals surface area (Å²) in [6.07, 6.45) is 0.501. The van der Waals surface area contributed by atoms with E-state index in [2.05, 4.69) is 0 Å². The molecule has 0 saturated carbocycles. The van der Waals surface area contributed by atoms with Crippen molar-refractivity contribution in [3.63, 3.8) is 0 Å². The fourth-order valence-corrected chi connectivity index (χ4v) is 4.44. The molecule has 2 N–H and O–H groups in total. The molecule has 0 aromatic heterocycles. The number of likely N-dealkylation sites (tertiary alicyclic amines) is 1. The zero-order valence-corrected chi connectivity index (χ0v) is 21.0. The van der Waals surface area contributed by atoms with Crippen LogP contribution in [0, 0.1) is 6.92 Å². The van der Waals surface area contributed by atoms with Crippen LogP contribution in [0.25, 0.3) is 5.76 Å². The maximum atomic E-state index is 13.3. The Bertz CT molecular complexity index is 1150. The SMILES string of the molecule is COCCCN1C(=O)C(=O)/C(=C(/O)c2cc(C(C)C)c(OC)cc2C)C1c1ccc(OC)c(O)c1. The summed E-state index contributed by atoms with van der Waals surface area (Å²) in [7, 11) is 4.58. The molecule has 1 aliphatic rings. The highest BCUT2D eigenvalue weighted by Crippen LogP contribution is 2.43. The molecule has 1 amide bonds. The highest BCUT2D eigenvalue weighted by Gasteiger charge is 2.46. The van der Waals surface area contributed by atoms with Crippen molar-refractivity contribution in [2.45, 2.75) is 39.2 Å². The molecule has 188 valence electrons. The van der Waals surface area contributed by atoms with Crippen LogP contribution in [0.5, 0.6) is 17.2 Å². The van der Waals surface area contributed by atoms with Crippen LogP contribution < -0.4 is 9.47 Å². The van der Waals surface area contributed by atoms with E-state index in [4.69, 9.17) is 14.2 Å². The Hall–Kier alpha value is -3.52. The first-order valence-electron chi connectivity index (χ1n) is 11.5. The third kappa shape index (κ3) is 4.98. The topological polar surface area (TPSA) is 106 Å². The number of hydrogen-bond acceptors (Lipinski definition) is 7. The monoisotopic (exact) mass is 483 g/mol. The number of aryl methyl sites for hydroxylation is 1. The number of phenolic OH excluding ortho intramolecular Hbond substituents is 1. The quantitative estimate of drug-likeness (QED) is 0.237. The molecule has 3 rings (SSSR count). The number of benzene rings is 2. The number of aromatic hydroxyl groups is 1. The van der Waals surface area contributed by atoms with Crippen LogP contribution in [0.4, 0.5) is 0 Å². The molecular weight excluding hydrogens is 450 g/mol. The minimum Gasteiger partial charge on any atom is -0.507 e. The summed E-state index contributed by atoms with van der Waals surface area (Å²) >= 11 is 0. The van der Waals surface area contributed by atoms with Crippen LogP contribution in [-0.4, -0.2) is 61.3 Å². The van der Waals surface area contributed by atoms with Crippen LogP contribution in [0.1, 0.15) is 54.5 Å². The van der Waals surface area contributed by atoms with E-state index in [0.29, 0.717) is 35.5 Å². The van der Waals surface area contributed by atoms with Gasteiger partial charge in [-0.1, -0.05) is 19.9 Å². The molecule has 1 aliphatic heterocycles. The number of methoxy groups -OCH3 is 3. The molecule has 2 aromatic carbocycles. The number of carbonyl (C=O) groups is 2. The fourth-order valence-electron chi connectivity index (χ4n) is 4.44. The molecule has 8 nitrogen and oxygen atoms in total. The molecule has 2 aromatic rings. The van der Waals surface area contributed by atoms with E-state index in [1.165, 1.54) is 18.1 Å². The molecule has 35 heavy (non-hydrogen) atoms. The van der Waals surface area contributed by atoms with Crippen molar-refractivity contribution in [3.8, 4) is 17.2 Å². The minimum atomic E-state index is -0.882. The maximum Gasteiger partial charge on any atom is 0.295 e. The van der Waals surface area contributed by atoms with Gasteiger partial charge in [-0.05, 0) is 60.2 Å². The summed E-state index contributed by atoms with van der Waals surface area (Å²) in [6, 6.07) is 7.42. The van der Waals surface area contributed by atoms with E-state index in [0.717, 1.165) is 5.56 Å². The van der Waals surface area contributed by atoms with Crippen LogP contribution >= 0.6 is 0 Å². The van der Waals surface area contributed by atoms with Crippen molar-refractivity contribution in [3.05, 3.63) is 58.2 Å². The van der Waals surface area contributed by atoms with Gasteiger partial charge in [0.05, 0.1) is 25.8 Å². The number of nitrogens with zero attached hydrogens (tertiary/aromatic N) is 1. The van der Waals surface area contributed by atoms with Gasteiger partial charge in [0, 0.05) is 25.8 Å². The second-order valence-corrected chi connectivity index (χ2v) is 8.83. The van der Waals surface area contributed by atoms with E-state index in [1.54, 1.807) is 32.4 Å². The average molecular weight is 484 g/mol. The lowest BCUT2D eigenvalue weighted by Gasteiger charge is -2.26. The van der Waals surface area contributed by atoms with Crippen LogP contribution in [0.2, 0.25) is 0 Å². The van der Waals surface area contributed by atoms with E-state index in [-0.39, 0.29) is 35.3 Å². The number of carbonyl (C=O) groups excluding carboxylic acids is 2. The van der Waals surface area contributed by atoms with Gasteiger partial charge in [-0.25, -0.2) is 0 Å². The third-order valence-electron chi connectivity index (χ3n) is 6.26. The molecule has 0 radical (unpaired) electrons. The number of amides is 1. The lowest BCUT2D eigenvalue weighted by Crippen LogP contribution is -2.31. The third-order valence-corrected chi connectivity index (χ3v) is 6.26. The standard InChI is InChI=1S/C27H33NO7/c1-15(2)18-14-19(16(3)12-22(18)35-6)25(30)23-24(17-8-9-21(34-5)20(29)13-17)28(10-7-11-33-4)27(32)26(23)31/h8-9,12-15,24,29-30H,7,10-11H2,1-6H3/b25-23+. The predicted molar refractivity (Wildman–Crippen MR) is 132 cm³/mol. The molecule has 1 atom stereocenters. The zero-order valence-electron chi connectivity index (χ0n) is 21.0. The molecule has 1 fully saturated rings. The summed E-state index contributed by atoms with van der Waals surface area (Å²) in [5.41, 5.74) is 2.47. The normalized spacial score (nSPS) is 17.3. The average Bonchev–Trinajstić information content (AvgIpc) is 3.08. The Morgan fingerprint density at radius 3 is 2.31 bits per heavy atom.